The predicted molar refractivity (Wildman–Crippen MR) is 119 cm³/mol. The lowest BCUT2D eigenvalue weighted by molar-refractivity contribution is -0.133. The summed E-state index contributed by atoms with van der Waals surface area (Å²) in [6, 6.07) is 3.64. The molecular formula is C20H32ClN5O2S. The predicted octanol–water partition coefficient (Wildman–Crippen LogP) is 2.03. The van der Waals surface area contributed by atoms with E-state index in [1.165, 1.54) is 17.8 Å². The van der Waals surface area contributed by atoms with E-state index in [0.717, 1.165) is 69.5 Å². The van der Waals surface area contributed by atoms with Crippen LogP contribution in [0.3, 0.4) is 0 Å². The molecule has 1 unspecified atom stereocenters. The van der Waals surface area contributed by atoms with Crippen LogP contribution < -0.4 is 5.32 Å². The first kappa shape index (κ1) is 22.3. The Morgan fingerprint density at radius 3 is 2.52 bits per heavy atom. The Labute approximate surface area is 182 Å². The molecule has 0 aromatic carbocycles. The molecule has 162 valence electrons. The van der Waals surface area contributed by atoms with Gasteiger partial charge in [-0.05, 0) is 38.3 Å². The van der Waals surface area contributed by atoms with E-state index in [-0.39, 0.29) is 5.91 Å². The van der Waals surface area contributed by atoms with Gasteiger partial charge in [0, 0.05) is 50.7 Å². The van der Waals surface area contributed by atoms with E-state index < -0.39 is 6.10 Å². The van der Waals surface area contributed by atoms with E-state index in [1.807, 2.05) is 17.9 Å². The summed E-state index contributed by atoms with van der Waals surface area (Å²) in [6.07, 6.45) is 2.85. The molecule has 0 bridgehead atoms. The Morgan fingerprint density at radius 1 is 1.17 bits per heavy atom. The van der Waals surface area contributed by atoms with Crippen LogP contribution in [0.15, 0.2) is 17.1 Å². The Morgan fingerprint density at radius 2 is 1.90 bits per heavy atom. The van der Waals surface area contributed by atoms with Crippen molar-refractivity contribution >= 4 is 34.8 Å². The molecule has 2 aliphatic heterocycles. The highest BCUT2D eigenvalue weighted by Crippen LogP contribution is 2.27. The van der Waals surface area contributed by atoms with Crippen LogP contribution >= 0.6 is 22.9 Å². The molecule has 1 aromatic heterocycles. The van der Waals surface area contributed by atoms with Gasteiger partial charge in [-0.3, -0.25) is 14.7 Å². The molecule has 3 rings (SSSR count). The highest BCUT2D eigenvalue weighted by molar-refractivity contribution is 7.16. The summed E-state index contributed by atoms with van der Waals surface area (Å²) in [7, 11) is 0. The molecule has 0 spiro atoms. The highest BCUT2D eigenvalue weighted by Gasteiger charge is 2.24. The van der Waals surface area contributed by atoms with Crippen LogP contribution in [0, 0.1) is 0 Å². The number of nitrogens with zero attached hydrogens (tertiary/aromatic N) is 4. The van der Waals surface area contributed by atoms with Gasteiger partial charge >= 0.3 is 0 Å². The molecule has 1 atom stereocenters. The Kier molecular flexibility index (Phi) is 8.59. The molecular weight excluding hydrogens is 410 g/mol. The van der Waals surface area contributed by atoms with Crippen molar-refractivity contribution in [1.82, 2.24) is 20.0 Å². The number of piperazine rings is 1. The van der Waals surface area contributed by atoms with Crippen LogP contribution in [0.5, 0.6) is 0 Å². The van der Waals surface area contributed by atoms with E-state index in [1.54, 1.807) is 6.07 Å². The van der Waals surface area contributed by atoms with E-state index in [2.05, 4.69) is 20.1 Å². The zero-order valence-electron chi connectivity index (χ0n) is 17.1. The van der Waals surface area contributed by atoms with Gasteiger partial charge in [-0.25, -0.2) is 0 Å². The zero-order chi connectivity index (χ0) is 20.6. The Balaban J connectivity index is 1.49. The number of nitrogens with one attached hydrogen (secondary N) is 1. The smallest absolute Gasteiger partial charge is 0.236 e. The third-order valence-corrected chi connectivity index (χ3v) is 6.74. The van der Waals surface area contributed by atoms with Crippen LogP contribution in [0.25, 0.3) is 0 Å². The minimum atomic E-state index is -0.649. The molecule has 2 fully saturated rings. The quantitative estimate of drug-likeness (QED) is 0.522. The molecule has 29 heavy (non-hydrogen) atoms. The van der Waals surface area contributed by atoms with Crippen molar-refractivity contribution in [2.24, 2.45) is 4.99 Å². The summed E-state index contributed by atoms with van der Waals surface area (Å²) in [4.78, 5) is 24.4. The van der Waals surface area contributed by atoms with Gasteiger partial charge in [0.1, 0.15) is 6.10 Å². The lowest BCUT2D eigenvalue weighted by Gasteiger charge is -2.37. The van der Waals surface area contributed by atoms with Crippen molar-refractivity contribution in [3.05, 3.63) is 21.3 Å². The van der Waals surface area contributed by atoms with Crippen molar-refractivity contribution in [3.8, 4) is 0 Å². The van der Waals surface area contributed by atoms with Gasteiger partial charge in [-0.15, -0.1) is 11.3 Å². The van der Waals surface area contributed by atoms with Gasteiger partial charge in [0.15, 0.2) is 5.96 Å². The number of hydrogen-bond donors (Lipinski definition) is 2. The number of halogens is 1. The standard InChI is InChI=1S/C20H32ClN5O2S/c1-2-22-20(23-14-16(27)17-6-7-18(21)29-17)26-12-10-24(11-13-26)15-19(28)25-8-4-3-5-9-25/h6-7,16,27H,2-5,8-15H2,1H3,(H,22,23). The maximum Gasteiger partial charge on any atom is 0.236 e. The molecule has 1 amide bonds. The largest absolute Gasteiger partial charge is 0.386 e. The lowest BCUT2D eigenvalue weighted by Crippen LogP contribution is -2.54. The zero-order valence-corrected chi connectivity index (χ0v) is 18.7. The second kappa shape index (κ2) is 11.2. The second-order valence-corrected chi connectivity index (χ2v) is 9.30. The molecule has 2 N–H and O–H groups in total. The minimum absolute atomic E-state index is 0.261. The molecule has 0 aliphatic carbocycles. The number of piperidine rings is 1. The van der Waals surface area contributed by atoms with E-state index in [9.17, 15) is 9.90 Å². The number of aliphatic imine (C=N–C) groups is 1. The first-order valence-corrected chi connectivity index (χ1v) is 11.7. The van der Waals surface area contributed by atoms with Crippen LogP contribution in [0.1, 0.15) is 37.2 Å². The van der Waals surface area contributed by atoms with E-state index in [0.29, 0.717) is 17.4 Å². The average Bonchev–Trinajstić information content (AvgIpc) is 3.18. The van der Waals surface area contributed by atoms with Gasteiger partial charge in [0.2, 0.25) is 5.91 Å². The Bertz CT molecular complexity index is 684. The fraction of sp³-hybridized carbons (Fsp3) is 0.700. The van der Waals surface area contributed by atoms with Crippen LogP contribution in [-0.4, -0.2) is 90.6 Å². The first-order chi connectivity index (χ1) is 14.1. The van der Waals surface area contributed by atoms with Gasteiger partial charge in [-0.1, -0.05) is 11.6 Å². The fourth-order valence-corrected chi connectivity index (χ4v) is 4.79. The third-order valence-electron chi connectivity index (χ3n) is 5.41. The number of likely N-dealkylation sites (tertiary alicyclic amines) is 1. The van der Waals surface area contributed by atoms with E-state index >= 15 is 0 Å². The number of carbonyl (C=O) groups is 1. The van der Waals surface area contributed by atoms with Crippen molar-refractivity contribution in [2.75, 3.05) is 58.9 Å². The second-order valence-electron chi connectivity index (χ2n) is 7.56. The van der Waals surface area contributed by atoms with Gasteiger partial charge < -0.3 is 20.2 Å². The molecule has 2 aliphatic rings. The average molecular weight is 442 g/mol. The summed E-state index contributed by atoms with van der Waals surface area (Å²) in [5.74, 6) is 1.08. The number of aliphatic hydroxyl groups is 1. The van der Waals surface area contributed by atoms with Crippen molar-refractivity contribution in [1.29, 1.82) is 0 Å². The van der Waals surface area contributed by atoms with Crippen LogP contribution in [-0.2, 0) is 4.79 Å². The van der Waals surface area contributed by atoms with Crippen LogP contribution in [0.4, 0.5) is 0 Å². The minimum Gasteiger partial charge on any atom is -0.386 e. The van der Waals surface area contributed by atoms with Crippen LogP contribution in [0.2, 0.25) is 4.34 Å². The maximum atomic E-state index is 12.5. The molecule has 1 aromatic rings. The molecule has 9 heteroatoms. The molecule has 7 nitrogen and oxygen atoms in total. The number of aliphatic hydroxyl groups excluding tert-OH is 1. The third kappa shape index (κ3) is 6.57. The summed E-state index contributed by atoms with van der Waals surface area (Å²) in [6.45, 7) is 8.76. The van der Waals surface area contributed by atoms with Crippen molar-refractivity contribution in [3.63, 3.8) is 0 Å². The normalized spacial score (nSPS) is 20.0. The SMILES string of the molecule is CCNC(=NCC(O)c1ccc(Cl)s1)N1CCN(CC(=O)N2CCCCC2)CC1. The lowest BCUT2D eigenvalue weighted by atomic mass is 10.1. The Hall–Kier alpha value is -1.35. The molecule has 0 radical (unpaired) electrons. The summed E-state index contributed by atoms with van der Waals surface area (Å²) >= 11 is 7.34. The molecule has 3 heterocycles. The number of guanidine groups is 1. The van der Waals surface area contributed by atoms with E-state index in [4.69, 9.17) is 11.6 Å². The summed E-state index contributed by atoms with van der Waals surface area (Å²) in [5.41, 5.74) is 0. The van der Waals surface area contributed by atoms with Crippen molar-refractivity contribution < 1.29 is 9.90 Å². The monoisotopic (exact) mass is 441 g/mol. The first-order valence-electron chi connectivity index (χ1n) is 10.5. The van der Waals surface area contributed by atoms with Gasteiger partial charge in [0.05, 0.1) is 17.4 Å². The maximum absolute atomic E-state index is 12.5. The topological polar surface area (TPSA) is 71.4 Å². The fourth-order valence-electron chi connectivity index (χ4n) is 3.75. The molecule has 2 saturated heterocycles. The summed E-state index contributed by atoms with van der Waals surface area (Å²) in [5, 5.41) is 13.7. The number of hydrogen-bond acceptors (Lipinski definition) is 5. The number of rotatable bonds is 6. The summed E-state index contributed by atoms with van der Waals surface area (Å²) < 4.78 is 0.671. The van der Waals surface area contributed by atoms with Crippen molar-refractivity contribution in [2.45, 2.75) is 32.3 Å². The highest BCUT2D eigenvalue weighted by atomic mass is 35.5. The van der Waals surface area contributed by atoms with Gasteiger partial charge in [-0.2, -0.15) is 0 Å². The van der Waals surface area contributed by atoms with Gasteiger partial charge in [0.25, 0.3) is 0 Å². The molecule has 0 saturated carbocycles. The number of amides is 1. The number of thiophene rings is 1. The number of carbonyl (C=O) groups excluding carboxylic acids is 1.